The second-order valence-electron chi connectivity index (χ2n) is 7.88. The molecule has 1 amide bonds. The zero-order chi connectivity index (χ0) is 22.5. The van der Waals surface area contributed by atoms with Gasteiger partial charge in [0.15, 0.2) is 11.5 Å². The Bertz CT molecular complexity index is 1230. The second kappa shape index (κ2) is 7.63. The third kappa shape index (κ3) is 2.97. The molecule has 2 heterocycles. The summed E-state index contributed by atoms with van der Waals surface area (Å²) in [7, 11) is 0. The van der Waals surface area contributed by atoms with E-state index in [9.17, 15) is 14.4 Å². The van der Waals surface area contributed by atoms with Gasteiger partial charge in [0.25, 0.3) is 0 Å². The van der Waals surface area contributed by atoms with E-state index in [1.165, 1.54) is 0 Å². The first-order chi connectivity index (χ1) is 15.4. The number of Topliss-reactive ketones (excluding diaryl/α,β-unsaturated/α-hetero) is 1. The predicted molar refractivity (Wildman–Crippen MR) is 119 cm³/mol. The number of ether oxygens (including phenoxy) is 2. The van der Waals surface area contributed by atoms with Gasteiger partial charge in [-0.3, -0.25) is 9.59 Å². The van der Waals surface area contributed by atoms with Gasteiger partial charge in [-0.1, -0.05) is 46.3 Å². The van der Waals surface area contributed by atoms with Crippen molar-refractivity contribution in [2.45, 2.75) is 31.3 Å². The normalized spacial score (nSPS) is 21.8. The Hall–Kier alpha value is -3.39. The SMILES string of the molecule is NC1=C(C(=O)OCc2ccccc2)[C@@]2(C(=O)Nc3ccc(Br)cc32)C2=C(O1)C(=O)CCC2. The Balaban J connectivity index is 1.67. The van der Waals surface area contributed by atoms with Crippen molar-refractivity contribution in [2.24, 2.45) is 5.73 Å². The number of nitrogens with one attached hydrogen (secondary N) is 1. The predicted octanol–water partition coefficient (Wildman–Crippen LogP) is 3.59. The maximum Gasteiger partial charge on any atom is 0.341 e. The smallest absolute Gasteiger partial charge is 0.341 e. The highest BCUT2D eigenvalue weighted by Crippen LogP contribution is 2.55. The molecule has 3 aliphatic rings. The lowest BCUT2D eigenvalue weighted by Crippen LogP contribution is -2.47. The van der Waals surface area contributed by atoms with E-state index < -0.39 is 17.3 Å². The summed E-state index contributed by atoms with van der Waals surface area (Å²) in [6, 6.07) is 14.5. The summed E-state index contributed by atoms with van der Waals surface area (Å²) in [6.07, 6.45) is 1.26. The fourth-order valence-electron chi connectivity index (χ4n) is 4.66. The summed E-state index contributed by atoms with van der Waals surface area (Å²) in [5.41, 5.74) is 6.85. The minimum Gasteiger partial charge on any atom is -0.457 e. The average molecular weight is 495 g/mol. The number of allylic oxidation sites excluding steroid dienone is 1. The van der Waals surface area contributed by atoms with Gasteiger partial charge in [0, 0.05) is 27.7 Å². The molecule has 1 spiro atoms. The number of nitrogens with two attached hydrogens (primary N) is 1. The van der Waals surface area contributed by atoms with Crippen LogP contribution < -0.4 is 11.1 Å². The van der Waals surface area contributed by atoms with Crippen LogP contribution in [0.2, 0.25) is 0 Å². The summed E-state index contributed by atoms with van der Waals surface area (Å²) in [4.78, 5) is 39.7. The molecule has 1 atom stereocenters. The van der Waals surface area contributed by atoms with Crippen molar-refractivity contribution in [1.82, 2.24) is 0 Å². The molecule has 0 unspecified atom stereocenters. The fourth-order valence-corrected chi connectivity index (χ4v) is 5.03. The molecule has 2 aromatic rings. The van der Waals surface area contributed by atoms with Gasteiger partial charge in [0.1, 0.15) is 17.6 Å². The van der Waals surface area contributed by atoms with Crippen molar-refractivity contribution in [3.63, 3.8) is 0 Å². The van der Waals surface area contributed by atoms with Crippen molar-refractivity contribution in [1.29, 1.82) is 0 Å². The Morgan fingerprint density at radius 3 is 2.72 bits per heavy atom. The highest BCUT2D eigenvalue weighted by molar-refractivity contribution is 9.10. The van der Waals surface area contributed by atoms with Crippen molar-refractivity contribution >= 4 is 39.3 Å². The van der Waals surface area contributed by atoms with Crippen molar-refractivity contribution in [3.8, 4) is 0 Å². The van der Waals surface area contributed by atoms with Gasteiger partial charge >= 0.3 is 5.97 Å². The lowest BCUT2D eigenvalue weighted by molar-refractivity contribution is -0.143. The molecule has 0 aromatic heterocycles. The molecular formula is C24H19BrN2O5. The molecule has 32 heavy (non-hydrogen) atoms. The van der Waals surface area contributed by atoms with Crippen molar-refractivity contribution in [3.05, 3.63) is 86.9 Å². The number of fused-ring (bicyclic) bond motifs is 3. The molecule has 5 rings (SSSR count). The largest absolute Gasteiger partial charge is 0.457 e. The first kappa shape index (κ1) is 20.5. The van der Waals surface area contributed by atoms with Crippen LogP contribution in [0.25, 0.3) is 0 Å². The van der Waals surface area contributed by atoms with Gasteiger partial charge in [0.05, 0.1) is 0 Å². The molecular weight excluding hydrogens is 476 g/mol. The Kier molecular flexibility index (Phi) is 4.89. The third-order valence-corrected chi connectivity index (χ3v) is 6.53. The minimum absolute atomic E-state index is 0.00429. The zero-order valence-corrected chi connectivity index (χ0v) is 18.5. The number of anilines is 1. The Morgan fingerprint density at radius 2 is 1.94 bits per heavy atom. The number of carbonyl (C=O) groups is 3. The van der Waals surface area contributed by atoms with Gasteiger partial charge in [-0.15, -0.1) is 0 Å². The minimum atomic E-state index is -1.58. The van der Waals surface area contributed by atoms with Crippen LogP contribution in [0.3, 0.4) is 0 Å². The number of hydrogen-bond acceptors (Lipinski definition) is 6. The second-order valence-corrected chi connectivity index (χ2v) is 8.80. The van der Waals surface area contributed by atoms with E-state index in [0.29, 0.717) is 36.1 Å². The molecule has 2 aromatic carbocycles. The highest BCUT2D eigenvalue weighted by Gasteiger charge is 2.60. The van der Waals surface area contributed by atoms with E-state index in [2.05, 4.69) is 21.2 Å². The van der Waals surface area contributed by atoms with Gasteiger partial charge in [0.2, 0.25) is 11.8 Å². The number of amides is 1. The first-order valence-electron chi connectivity index (χ1n) is 10.2. The summed E-state index contributed by atoms with van der Waals surface area (Å²) in [5.74, 6) is -1.69. The molecule has 0 fully saturated rings. The number of halogens is 1. The van der Waals surface area contributed by atoms with E-state index in [1.54, 1.807) is 18.2 Å². The van der Waals surface area contributed by atoms with Crippen molar-refractivity contribution < 1.29 is 23.9 Å². The van der Waals surface area contributed by atoms with Gasteiger partial charge in [-0.05, 0) is 36.6 Å². The topological polar surface area (TPSA) is 108 Å². The molecule has 2 aliphatic heterocycles. The number of benzene rings is 2. The van der Waals surface area contributed by atoms with Gasteiger partial charge in [-0.2, -0.15) is 0 Å². The molecule has 3 N–H and O–H groups in total. The lowest BCUT2D eigenvalue weighted by atomic mass is 9.65. The molecule has 0 saturated carbocycles. The number of esters is 1. The lowest BCUT2D eigenvalue weighted by Gasteiger charge is -2.38. The van der Waals surface area contributed by atoms with Gasteiger partial charge in [-0.25, -0.2) is 4.79 Å². The van der Waals surface area contributed by atoms with E-state index in [1.807, 2.05) is 30.3 Å². The summed E-state index contributed by atoms with van der Waals surface area (Å²) in [5, 5.41) is 2.85. The van der Waals surface area contributed by atoms with Gasteiger partial charge < -0.3 is 20.5 Å². The van der Waals surface area contributed by atoms with Crippen LogP contribution in [-0.2, 0) is 35.9 Å². The monoisotopic (exact) mass is 494 g/mol. The molecule has 7 nitrogen and oxygen atoms in total. The number of rotatable bonds is 3. The summed E-state index contributed by atoms with van der Waals surface area (Å²) >= 11 is 3.45. The number of hydrogen-bond donors (Lipinski definition) is 2. The molecule has 0 radical (unpaired) electrons. The molecule has 0 saturated heterocycles. The molecule has 162 valence electrons. The third-order valence-electron chi connectivity index (χ3n) is 6.04. The van der Waals surface area contributed by atoms with Crippen LogP contribution in [0.1, 0.15) is 30.4 Å². The molecule has 0 bridgehead atoms. The van der Waals surface area contributed by atoms with E-state index >= 15 is 0 Å². The number of ketones is 1. The van der Waals surface area contributed by atoms with Crippen LogP contribution in [0, 0.1) is 0 Å². The van der Waals surface area contributed by atoms with Crippen molar-refractivity contribution in [2.75, 3.05) is 5.32 Å². The number of carbonyl (C=O) groups excluding carboxylic acids is 3. The van der Waals surface area contributed by atoms with E-state index in [4.69, 9.17) is 15.2 Å². The van der Waals surface area contributed by atoms with E-state index in [-0.39, 0.29) is 29.6 Å². The Morgan fingerprint density at radius 1 is 1.16 bits per heavy atom. The zero-order valence-electron chi connectivity index (χ0n) is 16.9. The van der Waals surface area contributed by atoms with E-state index in [0.717, 1.165) is 10.0 Å². The maximum atomic E-state index is 13.6. The fraction of sp³-hybridized carbons (Fsp3) is 0.208. The van der Waals surface area contributed by atoms with Crippen LogP contribution in [0.15, 0.2) is 75.8 Å². The van der Waals surface area contributed by atoms with Crippen LogP contribution in [0.5, 0.6) is 0 Å². The maximum absolute atomic E-state index is 13.6. The highest BCUT2D eigenvalue weighted by atomic mass is 79.9. The summed E-state index contributed by atoms with van der Waals surface area (Å²) < 4.78 is 12.0. The first-order valence-corrected chi connectivity index (χ1v) is 11.0. The Labute approximate surface area is 192 Å². The molecule has 1 aliphatic carbocycles. The average Bonchev–Trinajstić information content (AvgIpc) is 3.06. The summed E-state index contributed by atoms with van der Waals surface area (Å²) in [6.45, 7) is 0.00429. The van der Waals surface area contributed by atoms with Crippen LogP contribution >= 0.6 is 15.9 Å². The quantitative estimate of drug-likeness (QED) is 0.631. The van der Waals surface area contributed by atoms with Crippen LogP contribution in [0.4, 0.5) is 5.69 Å². The standard InChI is InChI=1S/C24H19BrN2O5/c25-14-9-10-17-16(11-14)24(23(30)27-17)15-7-4-8-18(28)20(15)32-21(26)19(24)22(29)31-12-13-5-2-1-3-6-13/h1-3,5-6,9-11H,4,7-8,12,26H2,(H,27,30)/t24-/m1/s1. The van der Waals surface area contributed by atoms with Crippen LogP contribution in [-0.4, -0.2) is 17.7 Å². The molecule has 8 heteroatoms.